The maximum Gasteiger partial charge on any atom is 0.169 e. The quantitative estimate of drug-likeness (QED) is 0.691. The molecule has 1 aromatic carbocycles. The lowest BCUT2D eigenvalue weighted by atomic mass is 9.86. The van der Waals surface area contributed by atoms with Crippen LogP contribution in [0.1, 0.15) is 25.7 Å². The van der Waals surface area contributed by atoms with Crippen LogP contribution in [0.4, 0.5) is 11.6 Å². The van der Waals surface area contributed by atoms with Gasteiger partial charge in [-0.25, -0.2) is 9.97 Å². The predicted octanol–water partition coefficient (Wildman–Crippen LogP) is 2.39. The lowest BCUT2D eigenvalue weighted by molar-refractivity contribution is 0.185. The Hall–Kier alpha value is -2.34. The van der Waals surface area contributed by atoms with Crippen molar-refractivity contribution in [1.82, 2.24) is 9.97 Å². The minimum Gasteiger partial charge on any atom is -0.508 e. The van der Waals surface area contributed by atoms with Crippen molar-refractivity contribution in [2.45, 2.75) is 31.7 Å². The van der Waals surface area contributed by atoms with E-state index in [0.29, 0.717) is 29.3 Å². The van der Waals surface area contributed by atoms with Gasteiger partial charge in [-0.15, -0.1) is 0 Å². The van der Waals surface area contributed by atoms with Crippen molar-refractivity contribution >= 4 is 11.6 Å². The summed E-state index contributed by atoms with van der Waals surface area (Å²) in [6.07, 6.45) is 5.65. The molecule has 1 saturated carbocycles. The molecule has 0 atom stereocenters. The van der Waals surface area contributed by atoms with Gasteiger partial charge in [-0.2, -0.15) is 0 Å². The highest BCUT2D eigenvalue weighted by molar-refractivity contribution is 5.65. The van der Waals surface area contributed by atoms with E-state index < -0.39 is 0 Å². The fourth-order valence-electron chi connectivity index (χ4n) is 2.96. The summed E-state index contributed by atoms with van der Waals surface area (Å²) in [4.78, 5) is 8.80. The van der Waals surface area contributed by atoms with Crippen LogP contribution in [0.5, 0.6) is 5.75 Å². The summed E-state index contributed by atoms with van der Waals surface area (Å²) in [5.41, 5.74) is 7.54. The molecule has 0 bridgehead atoms. The third-order valence-electron chi connectivity index (χ3n) is 4.41. The van der Waals surface area contributed by atoms with Crippen molar-refractivity contribution in [2.24, 2.45) is 5.92 Å². The van der Waals surface area contributed by atoms with Crippen molar-refractivity contribution in [3.63, 3.8) is 0 Å². The lowest BCUT2D eigenvalue weighted by Gasteiger charge is -2.28. The molecule has 1 fully saturated rings. The average Bonchev–Trinajstić information content (AvgIpc) is 2.58. The van der Waals surface area contributed by atoms with Gasteiger partial charge in [0.15, 0.2) is 11.6 Å². The van der Waals surface area contributed by atoms with Gasteiger partial charge in [0.2, 0.25) is 0 Å². The Morgan fingerprint density at radius 2 is 1.83 bits per heavy atom. The molecule has 23 heavy (non-hydrogen) atoms. The molecule has 1 aliphatic rings. The molecule has 6 heteroatoms. The van der Waals surface area contributed by atoms with Gasteiger partial charge >= 0.3 is 0 Å². The Balaban J connectivity index is 1.74. The van der Waals surface area contributed by atoms with Gasteiger partial charge in [-0.05, 0) is 55.9 Å². The number of aliphatic hydroxyl groups is 1. The van der Waals surface area contributed by atoms with Crippen LogP contribution in [-0.4, -0.2) is 32.8 Å². The van der Waals surface area contributed by atoms with E-state index in [2.05, 4.69) is 15.3 Å². The van der Waals surface area contributed by atoms with Gasteiger partial charge in [0, 0.05) is 18.2 Å². The Kier molecular flexibility index (Phi) is 4.62. The van der Waals surface area contributed by atoms with Gasteiger partial charge in [-0.3, -0.25) is 0 Å². The highest BCUT2D eigenvalue weighted by atomic mass is 16.3. The summed E-state index contributed by atoms with van der Waals surface area (Å²) >= 11 is 0. The lowest BCUT2D eigenvalue weighted by Crippen LogP contribution is -2.28. The van der Waals surface area contributed by atoms with Crippen molar-refractivity contribution in [3.05, 3.63) is 30.5 Å². The molecule has 0 unspecified atom stereocenters. The summed E-state index contributed by atoms with van der Waals surface area (Å²) < 4.78 is 0. The van der Waals surface area contributed by atoms with E-state index in [9.17, 15) is 10.2 Å². The molecule has 0 aliphatic heterocycles. The van der Waals surface area contributed by atoms with E-state index in [1.807, 2.05) is 0 Å². The van der Waals surface area contributed by atoms with Crippen LogP contribution in [0, 0.1) is 5.92 Å². The van der Waals surface area contributed by atoms with Crippen LogP contribution in [0.3, 0.4) is 0 Å². The average molecular weight is 314 g/mol. The van der Waals surface area contributed by atoms with Gasteiger partial charge in [0.25, 0.3) is 0 Å². The Morgan fingerprint density at radius 1 is 1.13 bits per heavy atom. The van der Waals surface area contributed by atoms with Crippen molar-refractivity contribution in [3.8, 4) is 17.0 Å². The molecular formula is C17H22N4O2. The first-order valence-electron chi connectivity index (χ1n) is 7.95. The second kappa shape index (κ2) is 6.83. The maximum absolute atomic E-state index is 9.37. The summed E-state index contributed by atoms with van der Waals surface area (Å²) in [7, 11) is 0. The number of nitrogens with one attached hydrogen (secondary N) is 1. The fourth-order valence-corrected chi connectivity index (χ4v) is 2.96. The molecule has 0 amide bonds. The highest BCUT2D eigenvalue weighted by Crippen LogP contribution is 2.28. The highest BCUT2D eigenvalue weighted by Gasteiger charge is 2.21. The summed E-state index contributed by atoms with van der Waals surface area (Å²) in [6, 6.07) is 7.15. The molecule has 2 aromatic rings. The Morgan fingerprint density at radius 3 is 2.48 bits per heavy atom. The molecule has 1 aliphatic carbocycles. The number of aromatic nitrogens is 2. The van der Waals surface area contributed by atoms with Crippen LogP contribution >= 0.6 is 0 Å². The number of aliphatic hydroxyl groups excluding tert-OH is 1. The fraction of sp³-hybridized carbons (Fsp3) is 0.412. The zero-order chi connectivity index (χ0) is 16.2. The van der Waals surface area contributed by atoms with E-state index in [4.69, 9.17) is 5.73 Å². The van der Waals surface area contributed by atoms with Crippen molar-refractivity contribution < 1.29 is 10.2 Å². The minimum atomic E-state index is 0.219. The largest absolute Gasteiger partial charge is 0.508 e. The van der Waals surface area contributed by atoms with Gasteiger partial charge < -0.3 is 21.3 Å². The summed E-state index contributed by atoms with van der Waals surface area (Å²) in [5.74, 6) is 1.62. The monoisotopic (exact) mass is 314 g/mol. The number of rotatable bonds is 4. The van der Waals surface area contributed by atoms with E-state index in [-0.39, 0.29) is 12.4 Å². The molecule has 0 saturated heterocycles. The van der Waals surface area contributed by atoms with Crippen molar-refractivity contribution in [1.29, 1.82) is 0 Å². The zero-order valence-electron chi connectivity index (χ0n) is 12.9. The second-order valence-corrected chi connectivity index (χ2v) is 6.08. The molecule has 1 aromatic heterocycles. The van der Waals surface area contributed by atoms with Gasteiger partial charge in [0.1, 0.15) is 5.75 Å². The second-order valence-electron chi connectivity index (χ2n) is 6.08. The third-order valence-corrected chi connectivity index (χ3v) is 4.41. The number of hydrogen-bond acceptors (Lipinski definition) is 6. The van der Waals surface area contributed by atoms with E-state index in [1.165, 1.54) is 0 Å². The molecule has 122 valence electrons. The number of aromatic hydroxyl groups is 1. The summed E-state index contributed by atoms with van der Waals surface area (Å²) in [6.45, 7) is 0.269. The smallest absolute Gasteiger partial charge is 0.169 e. The van der Waals surface area contributed by atoms with E-state index >= 15 is 0 Å². The van der Waals surface area contributed by atoms with Crippen LogP contribution in [0.25, 0.3) is 11.3 Å². The molecule has 0 radical (unpaired) electrons. The van der Waals surface area contributed by atoms with Gasteiger partial charge in [0.05, 0.1) is 11.9 Å². The topological polar surface area (TPSA) is 104 Å². The van der Waals surface area contributed by atoms with Crippen LogP contribution in [0.15, 0.2) is 30.5 Å². The number of phenols is 1. The first-order valence-corrected chi connectivity index (χ1v) is 7.95. The number of nitrogens with two attached hydrogens (primary N) is 1. The number of nitrogen functional groups attached to an aromatic ring is 1. The first kappa shape index (κ1) is 15.6. The maximum atomic E-state index is 9.37. The van der Waals surface area contributed by atoms with Crippen LogP contribution < -0.4 is 11.1 Å². The number of anilines is 2. The zero-order valence-corrected chi connectivity index (χ0v) is 12.9. The number of phenolic OH excluding ortho intramolecular Hbond substituents is 1. The summed E-state index contributed by atoms with van der Waals surface area (Å²) in [5, 5.41) is 22.0. The third kappa shape index (κ3) is 3.71. The van der Waals surface area contributed by atoms with E-state index in [1.54, 1.807) is 30.5 Å². The molecular weight excluding hydrogens is 292 g/mol. The normalized spacial score (nSPS) is 21.1. The van der Waals surface area contributed by atoms with Gasteiger partial charge in [-0.1, -0.05) is 0 Å². The Bertz CT molecular complexity index is 652. The number of hydrogen-bond donors (Lipinski definition) is 4. The SMILES string of the molecule is Nc1ncc(-c2ccc(O)cc2)nc1N[C@H]1CC[C@H](CO)CC1. The molecule has 3 rings (SSSR count). The van der Waals surface area contributed by atoms with E-state index in [0.717, 1.165) is 31.2 Å². The van der Waals surface area contributed by atoms with Crippen LogP contribution in [-0.2, 0) is 0 Å². The molecule has 0 spiro atoms. The Labute approximate surface area is 135 Å². The molecule has 6 nitrogen and oxygen atoms in total. The predicted molar refractivity (Wildman–Crippen MR) is 90.0 cm³/mol. The minimum absolute atomic E-state index is 0.219. The number of benzene rings is 1. The number of nitrogens with zero attached hydrogens (tertiary/aromatic N) is 2. The van der Waals surface area contributed by atoms with Crippen molar-refractivity contribution in [2.75, 3.05) is 17.7 Å². The first-order chi connectivity index (χ1) is 11.2. The van der Waals surface area contributed by atoms with Crippen LogP contribution in [0.2, 0.25) is 0 Å². The standard InChI is InChI=1S/C17H22N4O2/c18-16-17(20-13-5-1-11(10-22)2-6-13)21-15(9-19-16)12-3-7-14(23)8-4-12/h3-4,7-9,11,13,22-23H,1-2,5-6,10H2,(H2,18,19)(H,20,21)/t11-,13-. The molecule has 1 heterocycles. The molecule has 5 N–H and O–H groups in total.